The topological polar surface area (TPSA) is 71.1 Å². The Morgan fingerprint density at radius 2 is 1.71 bits per heavy atom. The van der Waals surface area contributed by atoms with E-state index in [1.165, 1.54) is 0 Å². The van der Waals surface area contributed by atoms with E-state index in [0.717, 1.165) is 23.3 Å². The number of carbonyl (C=O) groups is 2. The van der Waals surface area contributed by atoms with Crippen molar-refractivity contribution in [2.45, 2.75) is 26.3 Å². The highest BCUT2D eigenvalue weighted by atomic mass is 19.2. The summed E-state index contributed by atoms with van der Waals surface area (Å²) in [6, 6.07) is 5.47. The van der Waals surface area contributed by atoms with Gasteiger partial charge >= 0.3 is 0 Å². The molecule has 0 aromatic heterocycles. The minimum atomic E-state index is -1.65. The van der Waals surface area contributed by atoms with Gasteiger partial charge in [0.25, 0.3) is 0 Å². The molecule has 2 amide bonds. The highest BCUT2D eigenvalue weighted by molar-refractivity contribution is 5.92. The van der Waals surface area contributed by atoms with Gasteiger partial charge in [-0.15, -0.1) is 0 Å². The molecule has 2 aromatic rings. The third-order valence-electron chi connectivity index (χ3n) is 5.65. The first kappa shape index (κ1) is 25.4. The van der Waals surface area contributed by atoms with Crippen molar-refractivity contribution in [1.29, 1.82) is 0 Å². The van der Waals surface area contributed by atoms with Crippen LogP contribution in [-0.4, -0.2) is 62.0 Å². The van der Waals surface area contributed by atoms with Gasteiger partial charge in [-0.1, -0.05) is 6.92 Å². The number of amides is 2. The average molecular weight is 479 g/mol. The number of nitrogens with zero attached hydrogens (tertiary/aromatic N) is 2. The molecular formula is C24H28F3N3O4. The molecule has 1 N–H and O–H groups in total. The molecule has 1 heterocycles. The molecule has 0 saturated heterocycles. The molecule has 0 atom stereocenters. The Morgan fingerprint density at radius 3 is 2.35 bits per heavy atom. The second-order valence-corrected chi connectivity index (χ2v) is 8.02. The zero-order chi connectivity index (χ0) is 24.8. The molecule has 34 heavy (non-hydrogen) atoms. The molecule has 2 aromatic carbocycles. The number of halogens is 3. The van der Waals surface area contributed by atoms with Gasteiger partial charge in [0.05, 0.1) is 33.0 Å². The highest BCUT2D eigenvalue weighted by Gasteiger charge is 2.25. The average Bonchev–Trinajstić information content (AvgIpc) is 2.83. The van der Waals surface area contributed by atoms with Gasteiger partial charge in [0.1, 0.15) is 0 Å². The second kappa shape index (κ2) is 11.2. The van der Waals surface area contributed by atoms with Crippen molar-refractivity contribution in [2.75, 3.05) is 45.7 Å². The summed E-state index contributed by atoms with van der Waals surface area (Å²) in [6.07, 6.45) is 1.34. The number of anilines is 1. The van der Waals surface area contributed by atoms with E-state index in [1.54, 1.807) is 24.0 Å². The molecule has 1 aliphatic rings. The minimum Gasteiger partial charge on any atom is -0.493 e. The fourth-order valence-electron chi connectivity index (χ4n) is 3.93. The van der Waals surface area contributed by atoms with Crippen LogP contribution in [-0.2, 0) is 22.6 Å². The van der Waals surface area contributed by atoms with Crippen molar-refractivity contribution in [3.63, 3.8) is 0 Å². The molecule has 1 aliphatic heterocycles. The van der Waals surface area contributed by atoms with Crippen molar-refractivity contribution >= 4 is 17.5 Å². The van der Waals surface area contributed by atoms with E-state index in [-0.39, 0.29) is 19.0 Å². The van der Waals surface area contributed by atoms with Crippen LogP contribution in [0.3, 0.4) is 0 Å². The molecule has 184 valence electrons. The molecule has 0 fully saturated rings. The summed E-state index contributed by atoms with van der Waals surface area (Å²) in [5.41, 5.74) is 1.59. The third kappa shape index (κ3) is 5.80. The van der Waals surface area contributed by atoms with Crippen LogP contribution in [0.15, 0.2) is 24.3 Å². The Morgan fingerprint density at radius 1 is 1.03 bits per heavy atom. The normalized spacial score (nSPS) is 13.0. The van der Waals surface area contributed by atoms with Crippen LogP contribution in [0.4, 0.5) is 18.9 Å². The maximum atomic E-state index is 13.9. The zero-order valence-corrected chi connectivity index (χ0v) is 19.4. The fraction of sp³-hybridized carbons (Fsp3) is 0.417. The molecule has 10 heteroatoms. The van der Waals surface area contributed by atoms with Crippen LogP contribution in [0, 0.1) is 17.5 Å². The van der Waals surface area contributed by atoms with Crippen LogP contribution in [0.2, 0.25) is 0 Å². The Hall–Kier alpha value is -3.27. The van der Waals surface area contributed by atoms with Gasteiger partial charge in [0.2, 0.25) is 11.8 Å². The largest absolute Gasteiger partial charge is 0.493 e. The zero-order valence-electron chi connectivity index (χ0n) is 19.4. The van der Waals surface area contributed by atoms with E-state index in [0.29, 0.717) is 44.0 Å². The predicted octanol–water partition coefficient (Wildman–Crippen LogP) is 3.36. The third-order valence-corrected chi connectivity index (χ3v) is 5.65. The molecule has 7 nitrogen and oxygen atoms in total. The molecule has 0 radical (unpaired) electrons. The Labute approximate surface area is 196 Å². The molecule has 0 unspecified atom stereocenters. The van der Waals surface area contributed by atoms with E-state index in [4.69, 9.17) is 9.47 Å². The van der Waals surface area contributed by atoms with Gasteiger partial charge < -0.3 is 19.7 Å². The van der Waals surface area contributed by atoms with E-state index >= 15 is 0 Å². The first-order valence-corrected chi connectivity index (χ1v) is 10.9. The van der Waals surface area contributed by atoms with Gasteiger partial charge in [-0.25, -0.2) is 13.2 Å². The number of carbonyl (C=O) groups excluding carboxylic acids is 2. The maximum Gasteiger partial charge on any atom is 0.238 e. The predicted molar refractivity (Wildman–Crippen MR) is 120 cm³/mol. The Bertz CT molecular complexity index is 1060. The molecule has 3 rings (SSSR count). The fourth-order valence-corrected chi connectivity index (χ4v) is 3.93. The summed E-state index contributed by atoms with van der Waals surface area (Å²) in [4.78, 5) is 28.8. The molecule has 0 saturated carbocycles. The summed E-state index contributed by atoms with van der Waals surface area (Å²) < 4.78 is 51.1. The van der Waals surface area contributed by atoms with E-state index in [2.05, 4.69) is 5.32 Å². The lowest BCUT2D eigenvalue weighted by Gasteiger charge is -2.31. The van der Waals surface area contributed by atoms with Crippen molar-refractivity contribution < 1.29 is 32.2 Å². The number of rotatable bonds is 9. The van der Waals surface area contributed by atoms with E-state index in [9.17, 15) is 22.8 Å². The monoisotopic (exact) mass is 479 g/mol. The van der Waals surface area contributed by atoms with Gasteiger partial charge in [-0.05, 0) is 54.8 Å². The van der Waals surface area contributed by atoms with Crippen LogP contribution in [0.5, 0.6) is 11.5 Å². The Balaban J connectivity index is 1.64. The van der Waals surface area contributed by atoms with Crippen LogP contribution < -0.4 is 14.8 Å². The van der Waals surface area contributed by atoms with E-state index < -0.39 is 29.0 Å². The minimum absolute atomic E-state index is 0.00978. The summed E-state index contributed by atoms with van der Waals surface area (Å²) in [6.45, 7) is 3.07. The second-order valence-electron chi connectivity index (χ2n) is 8.02. The lowest BCUT2D eigenvalue weighted by atomic mass is 9.98. The number of benzene rings is 2. The van der Waals surface area contributed by atoms with E-state index in [1.807, 2.05) is 19.1 Å². The number of ether oxygens (including phenoxy) is 2. The first-order chi connectivity index (χ1) is 16.3. The smallest absolute Gasteiger partial charge is 0.238 e. The molecule has 0 aliphatic carbocycles. The van der Waals surface area contributed by atoms with Crippen LogP contribution >= 0.6 is 0 Å². The number of methoxy groups -OCH3 is 2. The van der Waals surface area contributed by atoms with Crippen LogP contribution in [0.25, 0.3) is 0 Å². The number of fused-ring (bicyclic) bond motifs is 1. The van der Waals surface area contributed by atoms with Gasteiger partial charge in [-0.3, -0.25) is 14.5 Å². The van der Waals surface area contributed by atoms with Gasteiger partial charge in [0, 0.05) is 13.1 Å². The number of hydrogen-bond donors (Lipinski definition) is 1. The Kier molecular flexibility index (Phi) is 8.38. The van der Waals surface area contributed by atoms with Crippen molar-refractivity contribution in [3.8, 4) is 11.5 Å². The SMILES string of the molecule is CCCN(CC(=O)Nc1ccc(F)c(F)c1F)CC(=O)N1CCc2cc(OC)c(OC)cc2C1. The maximum absolute atomic E-state index is 13.9. The summed E-state index contributed by atoms with van der Waals surface area (Å²) in [5.74, 6) is -4.02. The summed E-state index contributed by atoms with van der Waals surface area (Å²) in [5, 5.41) is 2.24. The number of nitrogens with one attached hydrogen (secondary N) is 1. The molecule has 0 spiro atoms. The highest BCUT2D eigenvalue weighted by Crippen LogP contribution is 2.33. The quantitative estimate of drug-likeness (QED) is 0.559. The van der Waals surface area contributed by atoms with Gasteiger partial charge in [0.15, 0.2) is 29.0 Å². The van der Waals surface area contributed by atoms with Crippen molar-refractivity contribution in [3.05, 3.63) is 52.8 Å². The number of hydrogen-bond acceptors (Lipinski definition) is 5. The summed E-state index contributed by atoms with van der Waals surface area (Å²) in [7, 11) is 3.12. The van der Waals surface area contributed by atoms with Gasteiger partial charge in [-0.2, -0.15) is 0 Å². The van der Waals surface area contributed by atoms with Crippen LogP contribution in [0.1, 0.15) is 24.5 Å². The molecular weight excluding hydrogens is 451 g/mol. The first-order valence-electron chi connectivity index (χ1n) is 10.9. The van der Waals surface area contributed by atoms with Crippen molar-refractivity contribution in [2.24, 2.45) is 0 Å². The lowest BCUT2D eigenvalue weighted by molar-refractivity contribution is -0.133. The van der Waals surface area contributed by atoms with Crippen molar-refractivity contribution in [1.82, 2.24) is 9.80 Å². The lowest BCUT2D eigenvalue weighted by Crippen LogP contribution is -2.45. The standard InChI is InChI=1S/C24H28F3N3O4/c1-4-8-29(13-21(31)28-18-6-5-17(25)23(26)24(18)27)14-22(32)30-9-7-15-10-19(33-2)20(34-3)11-16(15)12-30/h5-6,10-11H,4,7-9,12-14H2,1-3H3,(H,28,31). The summed E-state index contributed by atoms with van der Waals surface area (Å²) >= 11 is 0. The molecule has 0 bridgehead atoms.